The molecule has 9 heterocycles. The van der Waals surface area contributed by atoms with Gasteiger partial charge in [0.1, 0.15) is 11.3 Å². The van der Waals surface area contributed by atoms with Gasteiger partial charge in [-0.2, -0.15) is 5.10 Å². The molecular formula is C30H31N9O3. The summed E-state index contributed by atoms with van der Waals surface area (Å²) in [4.78, 5) is 24.5. The standard InChI is InChI=1S/C30H31N9O3/c1-16-21-11-32-39(24(21)8-23(33-16)22-10-31-5-4-26(22)40-3)27-9-25-28(29(34-27)37-12-19-6-17(37)14-41-19)35-30(36(25)2)38-13-20-7-18(38)15-42-20/h4-5,8-11,17-20H,6-7,12-15H2,1-3H3/t17-,18-,19-,20-/m1/s1. The summed E-state index contributed by atoms with van der Waals surface area (Å²) < 4.78 is 21.6. The fourth-order valence-electron chi connectivity index (χ4n) is 7.26. The molecule has 0 aliphatic carbocycles. The van der Waals surface area contributed by atoms with E-state index >= 15 is 0 Å². The summed E-state index contributed by atoms with van der Waals surface area (Å²) in [5.74, 6) is 3.33. The van der Waals surface area contributed by atoms with Crippen molar-refractivity contribution >= 4 is 33.7 Å². The molecule has 12 nitrogen and oxygen atoms in total. The number of aryl methyl sites for hydroxylation is 2. The predicted molar refractivity (Wildman–Crippen MR) is 156 cm³/mol. The molecule has 5 aromatic heterocycles. The Kier molecular flexibility index (Phi) is 5.13. The first-order valence-electron chi connectivity index (χ1n) is 14.5. The van der Waals surface area contributed by atoms with E-state index in [0.717, 1.165) is 101 Å². The molecule has 0 unspecified atom stereocenters. The Morgan fingerprint density at radius 3 is 2.43 bits per heavy atom. The lowest BCUT2D eigenvalue weighted by Gasteiger charge is -2.28. The SMILES string of the molecule is COc1ccncc1-c1cc2c(cnn2-c2cc3c(nc(N4C[C@H]5C[C@@H]4CO5)n3C)c(N3C[C@H]4C[C@@H]3CO4)n2)c(C)n1. The van der Waals surface area contributed by atoms with E-state index in [9.17, 15) is 0 Å². The number of ether oxygens (including phenoxy) is 3. The van der Waals surface area contributed by atoms with Crippen molar-refractivity contribution in [2.75, 3.05) is 43.2 Å². The van der Waals surface area contributed by atoms with Crippen molar-refractivity contribution in [3.05, 3.63) is 42.5 Å². The number of anilines is 2. The van der Waals surface area contributed by atoms with Gasteiger partial charge < -0.3 is 28.6 Å². The molecule has 4 aliphatic rings. The van der Waals surface area contributed by atoms with Crippen LogP contribution < -0.4 is 14.5 Å². The summed E-state index contributed by atoms with van der Waals surface area (Å²) in [7, 11) is 3.76. The molecule has 42 heavy (non-hydrogen) atoms. The minimum absolute atomic E-state index is 0.237. The molecule has 4 atom stereocenters. The molecule has 5 aromatic rings. The van der Waals surface area contributed by atoms with E-state index in [1.165, 1.54) is 0 Å². The van der Waals surface area contributed by atoms with Crippen molar-refractivity contribution in [1.82, 2.24) is 34.3 Å². The van der Waals surface area contributed by atoms with E-state index in [1.54, 1.807) is 19.5 Å². The lowest BCUT2D eigenvalue weighted by Crippen LogP contribution is -2.38. The van der Waals surface area contributed by atoms with E-state index in [4.69, 9.17) is 34.3 Å². The lowest BCUT2D eigenvalue weighted by molar-refractivity contribution is 0.0984. The van der Waals surface area contributed by atoms with Gasteiger partial charge in [-0.3, -0.25) is 9.97 Å². The first-order chi connectivity index (χ1) is 20.6. The summed E-state index contributed by atoms with van der Waals surface area (Å²) in [6.07, 6.45) is 7.98. The largest absolute Gasteiger partial charge is 0.496 e. The van der Waals surface area contributed by atoms with Crippen LogP contribution in [0.3, 0.4) is 0 Å². The Hall–Kier alpha value is -4.29. The zero-order valence-electron chi connectivity index (χ0n) is 23.8. The Balaban J connectivity index is 1.24. The van der Waals surface area contributed by atoms with Gasteiger partial charge in [-0.25, -0.2) is 14.6 Å². The van der Waals surface area contributed by atoms with E-state index < -0.39 is 0 Å². The van der Waals surface area contributed by atoms with Crippen LogP contribution in [0.15, 0.2) is 36.8 Å². The fraction of sp³-hybridized carbons (Fsp3) is 0.433. The second kappa shape index (κ2) is 8.85. The molecule has 4 fully saturated rings. The van der Waals surface area contributed by atoms with Crippen molar-refractivity contribution in [3.63, 3.8) is 0 Å². The number of aromatic nitrogens is 7. The van der Waals surface area contributed by atoms with Gasteiger partial charge in [0, 0.05) is 49.7 Å². The molecular weight excluding hydrogens is 534 g/mol. The monoisotopic (exact) mass is 565 g/mol. The quantitative estimate of drug-likeness (QED) is 0.316. The number of hydrogen-bond acceptors (Lipinski definition) is 10. The van der Waals surface area contributed by atoms with Crippen LogP contribution in [0.4, 0.5) is 11.8 Å². The molecule has 4 bridgehead atoms. The minimum atomic E-state index is 0.237. The van der Waals surface area contributed by atoms with Gasteiger partial charge in [0.05, 0.1) is 73.1 Å². The predicted octanol–water partition coefficient (Wildman–Crippen LogP) is 3.04. The third-order valence-electron chi connectivity index (χ3n) is 9.40. The smallest absolute Gasteiger partial charge is 0.206 e. The Morgan fingerprint density at radius 2 is 1.71 bits per heavy atom. The van der Waals surface area contributed by atoms with E-state index in [1.807, 2.05) is 29.9 Å². The molecule has 0 saturated carbocycles. The number of imidazole rings is 1. The van der Waals surface area contributed by atoms with Gasteiger partial charge in [-0.05, 0) is 31.9 Å². The van der Waals surface area contributed by atoms with E-state index in [0.29, 0.717) is 12.1 Å². The first kappa shape index (κ1) is 24.3. The van der Waals surface area contributed by atoms with Crippen LogP contribution in [-0.2, 0) is 16.5 Å². The Labute approximate surface area is 241 Å². The summed E-state index contributed by atoms with van der Waals surface area (Å²) >= 11 is 0. The maximum absolute atomic E-state index is 5.95. The van der Waals surface area contributed by atoms with E-state index in [2.05, 4.69) is 32.5 Å². The maximum Gasteiger partial charge on any atom is 0.206 e. The third kappa shape index (κ3) is 3.45. The van der Waals surface area contributed by atoms with Crippen LogP contribution >= 0.6 is 0 Å². The number of pyridine rings is 3. The molecule has 9 rings (SSSR count). The number of fused-ring (bicyclic) bond motifs is 6. The highest BCUT2D eigenvalue weighted by atomic mass is 16.5. The fourth-order valence-corrected chi connectivity index (χ4v) is 7.26. The van der Waals surface area contributed by atoms with Crippen LogP contribution in [0, 0.1) is 6.92 Å². The average Bonchev–Trinajstić information content (AvgIpc) is 3.87. The molecule has 0 radical (unpaired) electrons. The van der Waals surface area contributed by atoms with Crippen LogP contribution in [0.5, 0.6) is 5.75 Å². The zero-order chi connectivity index (χ0) is 28.1. The Morgan fingerprint density at radius 1 is 0.929 bits per heavy atom. The summed E-state index contributed by atoms with van der Waals surface area (Å²) in [5, 5.41) is 5.81. The molecule has 0 spiro atoms. The number of hydrogen-bond donors (Lipinski definition) is 0. The second-order valence-electron chi connectivity index (χ2n) is 11.8. The first-order valence-corrected chi connectivity index (χ1v) is 14.5. The highest BCUT2D eigenvalue weighted by Crippen LogP contribution is 2.40. The van der Waals surface area contributed by atoms with Crippen molar-refractivity contribution in [1.29, 1.82) is 0 Å². The lowest BCUT2D eigenvalue weighted by atomic mass is 10.1. The van der Waals surface area contributed by atoms with Gasteiger partial charge >= 0.3 is 0 Å². The molecule has 12 heteroatoms. The summed E-state index contributed by atoms with van der Waals surface area (Å²) in [6.45, 7) is 5.17. The summed E-state index contributed by atoms with van der Waals surface area (Å²) in [5.41, 5.74) is 5.35. The van der Waals surface area contributed by atoms with Crippen molar-refractivity contribution < 1.29 is 14.2 Å². The topological polar surface area (TPSA) is 108 Å². The molecule has 0 N–H and O–H groups in total. The zero-order valence-corrected chi connectivity index (χ0v) is 23.8. The second-order valence-corrected chi connectivity index (χ2v) is 11.8. The normalized spacial score (nSPS) is 24.6. The average molecular weight is 566 g/mol. The highest BCUT2D eigenvalue weighted by molar-refractivity contribution is 5.92. The molecule has 0 aromatic carbocycles. The number of nitrogens with zero attached hydrogens (tertiary/aromatic N) is 9. The van der Waals surface area contributed by atoms with Gasteiger partial charge in [0.25, 0.3) is 0 Å². The van der Waals surface area contributed by atoms with Gasteiger partial charge in [0.2, 0.25) is 5.95 Å². The number of methoxy groups -OCH3 is 1. The summed E-state index contributed by atoms with van der Waals surface area (Å²) in [6, 6.07) is 6.67. The highest BCUT2D eigenvalue weighted by Gasteiger charge is 2.43. The van der Waals surface area contributed by atoms with Gasteiger partial charge in [0.15, 0.2) is 11.6 Å². The van der Waals surface area contributed by atoms with E-state index in [-0.39, 0.29) is 12.2 Å². The molecule has 0 amide bonds. The molecule has 4 aliphatic heterocycles. The van der Waals surface area contributed by atoms with Crippen molar-refractivity contribution in [3.8, 4) is 22.8 Å². The molecule has 214 valence electrons. The van der Waals surface area contributed by atoms with Gasteiger partial charge in [-0.15, -0.1) is 0 Å². The van der Waals surface area contributed by atoms with Crippen molar-refractivity contribution in [2.24, 2.45) is 7.05 Å². The number of morpholine rings is 2. The van der Waals surface area contributed by atoms with Crippen LogP contribution in [0.1, 0.15) is 18.5 Å². The molecule has 4 saturated heterocycles. The number of rotatable bonds is 5. The van der Waals surface area contributed by atoms with Crippen LogP contribution in [0.25, 0.3) is 39.0 Å². The maximum atomic E-state index is 5.95. The minimum Gasteiger partial charge on any atom is -0.496 e. The third-order valence-corrected chi connectivity index (χ3v) is 9.40. The van der Waals surface area contributed by atoms with Crippen LogP contribution in [-0.4, -0.2) is 92.0 Å². The van der Waals surface area contributed by atoms with Gasteiger partial charge in [-0.1, -0.05) is 0 Å². The van der Waals surface area contributed by atoms with Crippen molar-refractivity contribution in [2.45, 2.75) is 44.1 Å². The van der Waals surface area contributed by atoms with Crippen LogP contribution in [0.2, 0.25) is 0 Å². The Bertz CT molecular complexity index is 1880.